The maximum atomic E-state index is 14.5. The van der Waals surface area contributed by atoms with Crippen LogP contribution in [0.2, 0.25) is 0 Å². The molecule has 0 saturated heterocycles. The quantitative estimate of drug-likeness (QED) is 0.420. The minimum absolute atomic E-state index is 0.0117. The van der Waals surface area contributed by atoms with E-state index >= 15 is 0 Å². The van der Waals surface area contributed by atoms with E-state index in [4.69, 9.17) is 14.7 Å². The molecule has 36 heavy (non-hydrogen) atoms. The van der Waals surface area contributed by atoms with Crippen molar-refractivity contribution in [1.29, 1.82) is 0 Å². The van der Waals surface area contributed by atoms with Crippen molar-refractivity contribution < 1.29 is 13.9 Å². The molecule has 3 N–H and O–H groups in total. The zero-order valence-electron chi connectivity index (χ0n) is 20.4. The third kappa shape index (κ3) is 5.17. The zero-order chi connectivity index (χ0) is 25.1. The van der Waals surface area contributed by atoms with Gasteiger partial charge in [-0.15, -0.1) is 0 Å². The van der Waals surface area contributed by atoms with Gasteiger partial charge in [0.1, 0.15) is 17.1 Å². The molecule has 2 heterocycles. The number of hydrogen-bond acceptors (Lipinski definition) is 7. The monoisotopic (exact) mass is 491 g/mol. The van der Waals surface area contributed by atoms with E-state index in [1.165, 1.54) is 0 Å². The van der Waals surface area contributed by atoms with Crippen LogP contribution in [0.1, 0.15) is 51.5 Å². The second-order valence-electron chi connectivity index (χ2n) is 9.14. The van der Waals surface area contributed by atoms with Gasteiger partial charge in [-0.2, -0.15) is 4.98 Å². The molecule has 2 aliphatic rings. The average molecular weight is 492 g/mol. The van der Waals surface area contributed by atoms with E-state index < -0.39 is 0 Å². The maximum absolute atomic E-state index is 14.5. The van der Waals surface area contributed by atoms with Crippen LogP contribution >= 0.6 is 0 Å². The summed E-state index contributed by atoms with van der Waals surface area (Å²) in [4.78, 5) is 25.5. The number of carbonyl (C=O) groups excluding carboxylic acids is 1. The van der Waals surface area contributed by atoms with Crippen LogP contribution in [0.3, 0.4) is 0 Å². The number of fused-ring (bicyclic) bond motifs is 1. The van der Waals surface area contributed by atoms with Gasteiger partial charge >= 0.3 is 0 Å². The number of amides is 1. The first-order valence-electron chi connectivity index (χ1n) is 12.3. The average Bonchev–Trinajstić information content (AvgIpc) is 3.23. The summed E-state index contributed by atoms with van der Waals surface area (Å²) in [5, 5.41) is 9.47. The van der Waals surface area contributed by atoms with E-state index in [-0.39, 0.29) is 23.8 Å². The molecule has 0 bridgehead atoms. The topological polar surface area (TPSA) is 106 Å². The number of ether oxygens (including phenoxy) is 1. The molecule has 188 valence electrons. The van der Waals surface area contributed by atoms with Crippen molar-refractivity contribution in [3.05, 3.63) is 54.1 Å². The van der Waals surface area contributed by atoms with Gasteiger partial charge in [0, 0.05) is 24.7 Å². The lowest BCUT2D eigenvalue weighted by atomic mass is 9.91. The maximum Gasteiger partial charge on any atom is 0.229 e. The Hall–Kier alpha value is -3.95. The highest BCUT2D eigenvalue weighted by molar-refractivity contribution is 5.76. The molecule has 5 rings (SSSR count). The van der Waals surface area contributed by atoms with Crippen LogP contribution in [-0.2, 0) is 4.79 Å². The number of benzene rings is 1. The molecular weight excluding hydrogens is 461 g/mol. The largest absolute Gasteiger partial charge is 0.497 e. The highest BCUT2D eigenvalue weighted by Crippen LogP contribution is 2.35. The lowest BCUT2D eigenvalue weighted by molar-refractivity contribution is -0.119. The van der Waals surface area contributed by atoms with E-state index in [1.54, 1.807) is 26.3 Å². The summed E-state index contributed by atoms with van der Waals surface area (Å²) in [6.45, 7) is 1.55. The predicted octanol–water partition coefficient (Wildman–Crippen LogP) is 5.14. The number of methoxy groups -OCH3 is 1. The molecule has 1 fully saturated rings. The number of anilines is 3. The van der Waals surface area contributed by atoms with Gasteiger partial charge < -0.3 is 20.7 Å². The molecule has 1 saturated carbocycles. The molecule has 0 atom stereocenters. The lowest BCUT2D eigenvalue weighted by Gasteiger charge is -2.30. The number of rotatable bonds is 7. The van der Waals surface area contributed by atoms with Gasteiger partial charge in [-0.3, -0.25) is 9.36 Å². The summed E-state index contributed by atoms with van der Waals surface area (Å²) < 4.78 is 21.8. The standard InChI is InChI=1S/C26H30FN7O2/c1-16(35)29-17-7-11-19(12-8-17)34-24-23(32-26(34)31-22-6-4-3-5-21(22)27)15-28-25(33-24)30-18-9-13-20(36-2)14-10-18/h5-6,9-10,13-15,17,19H,3-4,7-8,11-12H2,1-2H3,(H,29,35)(H,31,32)(H,28,30,33). The van der Waals surface area contributed by atoms with Gasteiger partial charge in [0.15, 0.2) is 5.65 Å². The summed E-state index contributed by atoms with van der Waals surface area (Å²) in [6, 6.07) is 7.77. The number of allylic oxidation sites excluding steroid dienone is 3. The van der Waals surface area contributed by atoms with Crippen LogP contribution < -0.4 is 20.7 Å². The number of hydrogen-bond donors (Lipinski definition) is 3. The van der Waals surface area contributed by atoms with Crippen LogP contribution in [-0.4, -0.2) is 38.6 Å². The number of carbonyl (C=O) groups is 1. The van der Waals surface area contributed by atoms with Crippen LogP contribution in [0, 0.1) is 0 Å². The Balaban J connectivity index is 1.47. The Morgan fingerprint density at radius 3 is 2.50 bits per heavy atom. The van der Waals surface area contributed by atoms with Crippen LogP contribution in [0.25, 0.3) is 11.2 Å². The van der Waals surface area contributed by atoms with Crippen molar-refractivity contribution >= 4 is 34.7 Å². The molecule has 10 heteroatoms. The molecular formula is C26H30FN7O2. The molecule has 0 aliphatic heterocycles. The summed E-state index contributed by atoms with van der Waals surface area (Å²) in [6.07, 6.45) is 9.96. The number of nitrogens with zero attached hydrogens (tertiary/aromatic N) is 4. The van der Waals surface area contributed by atoms with Gasteiger partial charge in [-0.1, -0.05) is 6.08 Å². The summed E-state index contributed by atoms with van der Waals surface area (Å²) in [5.74, 6) is 1.46. The molecule has 2 aromatic heterocycles. The van der Waals surface area contributed by atoms with E-state index in [1.807, 2.05) is 30.3 Å². The molecule has 1 aromatic carbocycles. The molecule has 3 aromatic rings. The van der Waals surface area contributed by atoms with Crippen molar-refractivity contribution in [2.24, 2.45) is 0 Å². The van der Waals surface area contributed by atoms with Crippen molar-refractivity contribution in [1.82, 2.24) is 24.8 Å². The van der Waals surface area contributed by atoms with Gasteiger partial charge in [0.25, 0.3) is 0 Å². The van der Waals surface area contributed by atoms with Gasteiger partial charge in [0.2, 0.25) is 17.8 Å². The minimum atomic E-state index is -0.276. The number of nitrogens with one attached hydrogen (secondary N) is 3. The Morgan fingerprint density at radius 1 is 1.06 bits per heavy atom. The van der Waals surface area contributed by atoms with E-state index in [0.29, 0.717) is 35.2 Å². The third-order valence-electron chi connectivity index (χ3n) is 6.59. The smallest absolute Gasteiger partial charge is 0.229 e. The van der Waals surface area contributed by atoms with Crippen LogP contribution in [0.15, 0.2) is 54.1 Å². The van der Waals surface area contributed by atoms with E-state index in [2.05, 4.69) is 25.5 Å². The first-order valence-corrected chi connectivity index (χ1v) is 12.3. The van der Waals surface area contributed by atoms with Gasteiger partial charge in [-0.25, -0.2) is 14.4 Å². The zero-order valence-corrected chi connectivity index (χ0v) is 20.4. The Morgan fingerprint density at radius 2 is 1.81 bits per heavy atom. The lowest BCUT2D eigenvalue weighted by Crippen LogP contribution is -2.36. The first kappa shape index (κ1) is 23.8. The molecule has 2 aliphatic carbocycles. The first-order chi connectivity index (χ1) is 17.5. The third-order valence-corrected chi connectivity index (χ3v) is 6.59. The highest BCUT2D eigenvalue weighted by Gasteiger charge is 2.28. The minimum Gasteiger partial charge on any atom is -0.497 e. The summed E-state index contributed by atoms with van der Waals surface area (Å²) in [5.41, 5.74) is 2.55. The van der Waals surface area contributed by atoms with Gasteiger partial charge in [-0.05, 0) is 68.9 Å². The van der Waals surface area contributed by atoms with Crippen molar-refractivity contribution in [2.45, 2.75) is 57.5 Å². The fourth-order valence-corrected chi connectivity index (χ4v) is 4.83. The SMILES string of the molecule is COc1ccc(Nc2ncc3nc(NC4=CCCC=C4F)n(C4CCC(NC(C)=O)CC4)c3n2)cc1. The molecule has 0 unspecified atom stereocenters. The summed E-state index contributed by atoms with van der Waals surface area (Å²) in [7, 11) is 1.63. The van der Waals surface area contributed by atoms with Crippen molar-refractivity contribution in [3.63, 3.8) is 0 Å². The Kier molecular flexibility index (Phi) is 6.84. The van der Waals surface area contributed by atoms with Crippen molar-refractivity contribution in [3.8, 4) is 5.75 Å². The van der Waals surface area contributed by atoms with Crippen molar-refractivity contribution in [2.75, 3.05) is 17.7 Å². The Labute approximate surface area is 208 Å². The number of halogens is 1. The molecule has 0 radical (unpaired) electrons. The normalized spacial score (nSPS) is 19.9. The molecule has 9 nitrogen and oxygen atoms in total. The van der Waals surface area contributed by atoms with Crippen LogP contribution in [0.4, 0.5) is 22.0 Å². The fraction of sp³-hybridized carbons (Fsp3) is 0.385. The summed E-state index contributed by atoms with van der Waals surface area (Å²) >= 11 is 0. The van der Waals surface area contributed by atoms with Crippen LogP contribution in [0.5, 0.6) is 5.75 Å². The molecule has 0 spiro atoms. The highest BCUT2D eigenvalue weighted by atomic mass is 19.1. The Bertz CT molecular complexity index is 1310. The second kappa shape index (κ2) is 10.3. The molecule has 1 amide bonds. The van der Waals surface area contributed by atoms with E-state index in [0.717, 1.165) is 43.5 Å². The fourth-order valence-electron chi connectivity index (χ4n) is 4.83. The van der Waals surface area contributed by atoms with Gasteiger partial charge in [0.05, 0.1) is 19.0 Å². The van der Waals surface area contributed by atoms with E-state index in [9.17, 15) is 9.18 Å². The number of imidazole rings is 1. The number of aromatic nitrogens is 4. The second-order valence-corrected chi connectivity index (χ2v) is 9.14. The predicted molar refractivity (Wildman–Crippen MR) is 137 cm³/mol.